The molecule has 2 aliphatic heterocycles. The quantitative estimate of drug-likeness (QED) is 0.886. The van der Waals surface area contributed by atoms with Gasteiger partial charge in [-0.2, -0.15) is 0 Å². The number of methoxy groups -OCH3 is 1. The van der Waals surface area contributed by atoms with E-state index in [0.29, 0.717) is 24.0 Å². The van der Waals surface area contributed by atoms with Gasteiger partial charge in [0.25, 0.3) is 0 Å². The number of Topliss-reactive ketones (excluding diaryl/α,β-unsaturated/α-hetero) is 1. The van der Waals surface area contributed by atoms with Crippen molar-refractivity contribution in [2.24, 2.45) is 5.92 Å². The molecule has 3 atom stereocenters. The van der Waals surface area contributed by atoms with Crippen LogP contribution in [0, 0.1) is 5.92 Å². The Morgan fingerprint density at radius 3 is 2.84 bits per heavy atom. The number of fused-ring (bicyclic) bond motifs is 3. The standard InChI is InChI=1S/C15H19NO3/c1-16-10-4-5-11(13(18)8-10)15(16)9-3-6-12(17)14(7-9)19-2/h3,6-7,10-11,15,17H,4-5,8H2,1-2H3. The topological polar surface area (TPSA) is 49.8 Å². The van der Waals surface area contributed by atoms with Crippen LogP contribution in [0.25, 0.3) is 0 Å². The van der Waals surface area contributed by atoms with E-state index in [4.69, 9.17) is 4.74 Å². The van der Waals surface area contributed by atoms with Crippen molar-refractivity contribution in [1.29, 1.82) is 0 Å². The summed E-state index contributed by atoms with van der Waals surface area (Å²) in [5.41, 5.74) is 1.06. The number of hydrogen-bond acceptors (Lipinski definition) is 4. The molecule has 3 fully saturated rings. The zero-order valence-corrected chi connectivity index (χ0v) is 11.3. The number of aromatic hydroxyl groups is 1. The molecule has 3 unspecified atom stereocenters. The SMILES string of the molecule is COc1cc(C2C3CCC(CC3=O)N2C)ccc1O. The number of phenolic OH excluding ortho intramolecular Hbond substituents is 1. The second-order valence-corrected chi connectivity index (χ2v) is 5.55. The summed E-state index contributed by atoms with van der Waals surface area (Å²) in [6, 6.07) is 5.88. The van der Waals surface area contributed by atoms with Crippen molar-refractivity contribution in [3.8, 4) is 11.5 Å². The van der Waals surface area contributed by atoms with Gasteiger partial charge >= 0.3 is 0 Å². The van der Waals surface area contributed by atoms with E-state index in [1.54, 1.807) is 13.2 Å². The fourth-order valence-corrected chi connectivity index (χ4v) is 3.56. The Labute approximate surface area is 113 Å². The highest BCUT2D eigenvalue weighted by atomic mass is 16.5. The number of carbonyl (C=O) groups excluding carboxylic acids is 1. The molecule has 0 amide bonds. The maximum atomic E-state index is 12.1. The third kappa shape index (κ3) is 1.91. The van der Waals surface area contributed by atoms with Gasteiger partial charge in [0.1, 0.15) is 5.78 Å². The summed E-state index contributed by atoms with van der Waals surface area (Å²) in [7, 11) is 3.63. The predicted molar refractivity (Wildman–Crippen MR) is 71.3 cm³/mol. The molecule has 1 saturated carbocycles. The first kappa shape index (κ1) is 12.5. The molecular formula is C15H19NO3. The summed E-state index contributed by atoms with van der Waals surface area (Å²) in [6.45, 7) is 0. The van der Waals surface area contributed by atoms with Crippen molar-refractivity contribution < 1.29 is 14.6 Å². The molecule has 1 aromatic rings. The number of rotatable bonds is 2. The van der Waals surface area contributed by atoms with Crippen molar-refractivity contribution in [3.63, 3.8) is 0 Å². The lowest BCUT2D eigenvalue weighted by Crippen LogP contribution is -2.52. The minimum atomic E-state index is 0.0873. The molecule has 4 heteroatoms. The van der Waals surface area contributed by atoms with Gasteiger partial charge in [-0.25, -0.2) is 0 Å². The fourth-order valence-electron chi connectivity index (χ4n) is 3.56. The zero-order valence-electron chi connectivity index (χ0n) is 11.3. The Bertz CT molecular complexity index is 514. The van der Waals surface area contributed by atoms with Gasteiger partial charge in [-0.3, -0.25) is 9.69 Å². The van der Waals surface area contributed by atoms with Crippen molar-refractivity contribution >= 4 is 5.78 Å². The number of carbonyl (C=O) groups is 1. The molecule has 4 rings (SSSR count). The summed E-state index contributed by atoms with van der Waals surface area (Å²) in [6.07, 6.45) is 2.77. The average molecular weight is 261 g/mol. The van der Waals surface area contributed by atoms with Crippen LogP contribution in [0.1, 0.15) is 30.9 Å². The van der Waals surface area contributed by atoms with Crippen LogP contribution in [-0.2, 0) is 4.79 Å². The van der Waals surface area contributed by atoms with Gasteiger partial charge in [0.2, 0.25) is 0 Å². The summed E-state index contributed by atoms with van der Waals surface area (Å²) >= 11 is 0. The van der Waals surface area contributed by atoms with E-state index in [-0.39, 0.29) is 17.7 Å². The largest absolute Gasteiger partial charge is 0.504 e. The van der Waals surface area contributed by atoms with E-state index in [0.717, 1.165) is 18.4 Å². The molecule has 2 heterocycles. The molecule has 19 heavy (non-hydrogen) atoms. The molecule has 0 radical (unpaired) electrons. The van der Waals surface area contributed by atoms with Crippen LogP contribution in [0.3, 0.4) is 0 Å². The Morgan fingerprint density at radius 2 is 2.16 bits per heavy atom. The summed E-state index contributed by atoms with van der Waals surface area (Å²) < 4.78 is 5.17. The summed E-state index contributed by atoms with van der Waals surface area (Å²) in [5.74, 6) is 1.08. The van der Waals surface area contributed by atoms with Crippen LogP contribution < -0.4 is 4.74 Å². The molecule has 0 aromatic heterocycles. The van der Waals surface area contributed by atoms with Crippen LogP contribution in [0.4, 0.5) is 0 Å². The van der Waals surface area contributed by atoms with Gasteiger partial charge in [0.15, 0.2) is 11.5 Å². The van der Waals surface area contributed by atoms with Crippen molar-refractivity contribution in [1.82, 2.24) is 4.90 Å². The minimum Gasteiger partial charge on any atom is -0.504 e. The lowest BCUT2D eigenvalue weighted by atomic mass is 9.72. The van der Waals surface area contributed by atoms with E-state index >= 15 is 0 Å². The normalized spacial score (nSPS) is 30.6. The third-order valence-corrected chi connectivity index (χ3v) is 4.60. The number of piperidine rings is 2. The van der Waals surface area contributed by atoms with E-state index in [9.17, 15) is 9.90 Å². The zero-order chi connectivity index (χ0) is 13.6. The Kier molecular flexibility index (Phi) is 2.97. The lowest BCUT2D eigenvalue weighted by molar-refractivity contribution is -0.136. The number of nitrogens with zero attached hydrogens (tertiary/aromatic N) is 1. The minimum absolute atomic E-state index is 0.0873. The van der Waals surface area contributed by atoms with Crippen LogP contribution >= 0.6 is 0 Å². The molecule has 1 aromatic carbocycles. The maximum absolute atomic E-state index is 12.1. The van der Waals surface area contributed by atoms with Gasteiger partial charge in [-0.1, -0.05) is 6.07 Å². The third-order valence-electron chi connectivity index (χ3n) is 4.60. The van der Waals surface area contributed by atoms with Gasteiger partial charge in [0, 0.05) is 24.4 Å². The molecule has 4 nitrogen and oxygen atoms in total. The monoisotopic (exact) mass is 261 g/mol. The molecule has 3 aliphatic rings. The maximum Gasteiger partial charge on any atom is 0.160 e. The molecule has 102 valence electrons. The molecule has 2 saturated heterocycles. The Morgan fingerprint density at radius 1 is 1.37 bits per heavy atom. The highest BCUT2D eigenvalue weighted by Gasteiger charge is 2.45. The van der Waals surface area contributed by atoms with Crippen molar-refractivity contribution in [2.75, 3.05) is 14.2 Å². The smallest absolute Gasteiger partial charge is 0.160 e. The summed E-state index contributed by atoms with van der Waals surface area (Å²) in [5, 5.41) is 9.68. The van der Waals surface area contributed by atoms with E-state index in [1.165, 1.54) is 0 Å². The highest BCUT2D eigenvalue weighted by Crippen LogP contribution is 2.45. The number of phenols is 1. The van der Waals surface area contributed by atoms with E-state index in [2.05, 4.69) is 11.9 Å². The Balaban J connectivity index is 1.99. The Hall–Kier alpha value is -1.55. The number of benzene rings is 1. The van der Waals surface area contributed by atoms with Crippen LogP contribution in [0.5, 0.6) is 11.5 Å². The van der Waals surface area contributed by atoms with Crippen LogP contribution in [-0.4, -0.2) is 36.0 Å². The summed E-state index contributed by atoms with van der Waals surface area (Å²) in [4.78, 5) is 14.4. The predicted octanol–water partition coefficient (Wildman–Crippen LogP) is 2.13. The van der Waals surface area contributed by atoms with E-state index in [1.807, 2.05) is 12.1 Å². The van der Waals surface area contributed by atoms with Gasteiger partial charge < -0.3 is 9.84 Å². The fraction of sp³-hybridized carbons (Fsp3) is 0.533. The van der Waals surface area contributed by atoms with Crippen LogP contribution in [0.2, 0.25) is 0 Å². The van der Waals surface area contributed by atoms with Crippen molar-refractivity contribution in [3.05, 3.63) is 23.8 Å². The van der Waals surface area contributed by atoms with Crippen LogP contribution in [0.15, 0.2) is 18.2 Å². The first-order valence-corrected chi connectivity index (χ1v) is 6.73. The molecule has 1 N–H and O–H groups in total. The van der Waals surface area contributed by atoms with Gasteiger partial charge in [-0.05, 0) is 37.6 Å². The average Bonchev–Trinajstić information content (AvgIpc) is 2.41. The van der Waals surface area contributed by atoms with Crippen molar-refractivity contribution in [2.45, 2.75) is 31.3 Å². The first-order valence-electron chi connectivity index (χ1n) is 6.73. The number of ether oxygens (including phenoxy) is 1. The van der Waals surface area contributed by atoms with Gasteiger partial charge in [-0.15, -0.1) is 0 Å². The second kappa shape index (κ2) is 4.53. The van der Waals surface area contributed by atoms with E-state index < -0.39 is 0 Å². The van der Waals surface area contributed by atoms with Gasteiger partial charge in [0.05, 0.1) is 7.11 Å². The molecule has 1 aliphatic carbocycles. The second-order valence-electron chi connectivity index (χ2n) is 5.55. The first-order chi connectivity index (χ1) is 9.11. The number of hydrogen-bond donors (Lipinski definition) is 1. The lowest BCUT2D eigenvalue weighted by Gasteiger charge is -2.49. The molecule has 2 bridgehead atoms. The highest BCUT2D eigenvalue weighted by molar-refractivity contribution is 5.84. The number of ketones is 1. The molecular weight excluding hydrogens is 242 g/mol. The molecule has 0 spiro atoms.